The molecule has 16 heavy (non-hydrogen) atoms. The second-order valence-corrected chi connectivity index (χ2v) is 4.97. The van der Waals surface area contributed by atoms with E-state index in [0.29, 0.717) is 0 Å². The Bertz CT molecular complexity index is 431. The maximum absolute atomic E-state index is 12.7. The van der Waals surface area contributed by atoms with E-state index in [9.17, 15) is 13.8 Å². The summed E-state index contributed by atoms with van der Waals surface area (Å²) in [6, 6.07) is 5.26. The van der Waals surface area contributed by atoms with E-state index in [1.807, 2.05) is 0 Å². The normalized spacial score (nSPS) is 11.2. The summed E-state index contributed by atoms with van der Waals surface area (Å²) in [5, 5.41) is 2.33. The fourth-order valence-electron chi connectivity index (χ4n) is 1.04. The molecule has 0 saturated carbocycles. The molecule has 3 N–H and O–H groups in total. The van der Waals surface area contributed by atoms with Crippen LogP contribution >= 0.6 is 7.60 Å². The predicted molar refractivity (Wildman–Crippen MR) is 56.6 cm³/mol. The Morgan fingerprint density at radius 1 is 1.44 bits per heavy atom. The van der Waals surface area contributed by atoms with Crippen molar-refractivity contribution in [1.29, 1.82) is 0 Å². The average Bonchev–Trinajstić information content (AvgIpc) is 2.14. The number of benzene rings is 1. The number of anilines is 1. The van der Waals surface area contributed by atoms with Crippen LogP contribution in [-0.4, -0.2) is 21.9 Å². The van der Waals surface area contributed by atoms with Crippen LogP contribution in [0.5, 0.6) is 0 Å². The zero-order valence-corrected chi connectivity index (χ0v) is 9.15. The lowest BCUT2D eigenvalue weighted by Crippen LogP contribution is -2.13. The molecule has 0 radical (unpaired) electrons. The van der Waals surface area contributed by atoms with E-state index in [0.717, 1.165) is 6.07 Å². The Morgan fingerprint density at radius 2 is 2.12 bits per heavy atom. The van der Waals surface area contributed by atoms with Crippen LogP contribution in [0.1, 0.15) is 6.42 Å². The monoisotopic (exact) mass is 247 g/mol. The molecule has 0 spiro atoms. The number of halogens is 1. The maximum atomic E-state index is 12.7. The van der Waals surface area contributed by atoms with Gasteiger partial charge >= 0.3 is 7.60 Å². The standard InChI is InChI=1S/C9H11FNO4P/c10-7-2-1-3-8(6-7)11-9(12)4-5-16(13,14)15/h1-3,6H,4-5H2,(H,11,12)(H2,13,14,15). The lowest BCUT2D eigenvalue weighted by Gasteiger charge is -2.05. The van der Waals surface area contributed by atoms with Gasteiger partial charge in [0.15, 0.2) is 0 Å². The Labute approximate surface area is 91.5 Å². The number of carbonyl (C=O) groups is 1. The van der Waals surface area contributed by atoms with E-state index < -0.39 is 25.5 Å². The van der Waals surface area contributed by atoms with Crippen LogP contribution in [0, 0.1) is 5.82 Å². The van der Waals surface area contributed by atoms with E-state index in [1.54, 1.807) is 0 Å². The molecule has 1 amide bonds. The zero-order chi connectivity index (χ0) is 12.2. The molecule has 1 rings (SSSR count). The molecule has 0 fully saturated rings. The fourth-order valence-corrected chi connectivity index (χ4v) is 1.53. The summed E-state index contributed by atoms with van der Waals surface area (Å²) in [6.45, 7) is 0. The Hall–Kier alpha value is -1.23. The molecule has 5 nitrogen and oxygen atoms in total. The van der Waals surface area contributed by atoms with Crippen LogP contribution < -0.4 is 5.32 Å². The van der Waals surface area contributed by atoms with Gasteiger partial charge in [-0.1, -0.05) is 6.07 Å². The van der Waals surface area contributed by atoms with Crippen LogP contribution in [0.2, 0.25) is 0 Å². The van der Waals surface area contributed by atoms with Gasteiger partial charge in [-0.25, -0.2) is 4.39 Å². The Morgan fingerprint density at radius 3 is 2.69 bits per heavy atom. The molecular formula is C9H11FNO4P. The molecule has 0 heterocycles. The minimum absolute atomic E-state index is 0.260. The Balaban J connectivity index is 2.49. The van der Waals surface area contributed by atoms with Crippen molar-refractivity contribution in [2.45, 2.75) is 6.42 Å². The van der Waals surface area contributed by atoms with Gasteiger partial charge in [-0.05, 0) is 18.2 Å². The van der Waals surface area contributed by atoms with E-state index >= 15 is 0 Å². The molecule has 0 saturated heterocycles. The largest absolute Gasteiger partial charge is 0.326 e. The number of amides is 1. The van der Waals surface area contributed by atoms with Crippen molar-refractivity contribution in [2.24, 2.45) is 0 Å². The summed E-state index contributed by atoms with van der Waals surface area (Å²) in [7, 11) is -4.17. The molecule has 0 aromatic heterocycles. The molecule has 88 valence electrons. The second-order valence-electron chi connectivity index (χ2n) is 3.20. The van der Waals surface area contributed by atoms with Crippen molar-refractivity contribution in [1.82, 2.24) is 0 Å². The van der Waals surface area contributed by atoms with Crippen LogP contribution in [0.15, 0.2) is 24.3 Å². The number of nitrogens with one attached hydrogen (secondary N) is 1. The van der Waals surface area contributed by atoms with Gasteiger partial charge in [0, 0.05) is 12.1 Å². The van der Waals surface area contributed by atoms with Gasteiger partial charge in [0.25, 0.3) is 0 Å². The summed E-state index contributed by atoms with van der Waals surface area (Å²) >= 11 is 0. The number of hydrogen-bond donors (Lipinski definition) is 3. The quantitative estimate of drug-likeness (QED) is 0.700. The van der Waals surface area contributed by atoms with Gasteiger partial charge in [-0.15, -0.1) is 0 Å². The summed E-state index contributed by atoms with van der Waals surface area (Å²) in [5.41, 5.74) is 0.260. The number of carbonyl (C=O) groups excluding carboxylic acids is 1. The molecule has 0 bridgehead atoms. The first-order valence-corrected chi connectivity index (χ1v) is 6.26. The van der Waals surface area contributed by atoms with Crippen LogP contribution in [0.25, 0.3) is 0 Å². The van der Waals surface area contributed by atoms with Crippen LogP contribution in [0.3, 0.4) is 0 Å². The average molecular weight is 247 g/mol. The minimum atomic E-state index is -4.17. The fraction of sp³-hybridized carbons (Fsp3) is 0.222. The first-order valence-electron chi connectivity index (χ1n) is 4.47. The first-order chi connectivity index (χ1) is 7.37. The lowest BCUT2D eigenvalue weighted by atomic mass is 10.3. The van der Waals surface area contributed by atoms with E-state index in [4.69, 9.17) is 9.79 Å². The van der Waals surface area contributed by atoms with Crippen molar-refractivity contribution >= 4 is 19.2 Å². The predicted octanol–water partition coefficient (Wildman–Crippen LogP) is 1.33. The van der Waals surface area contributed by atoms with Crippen LogP contribution in [0.4, 0.5) is 10.1 Å². The number of hydrogen-bond acceptors (Lipinski definition) is 2. The third-order valence-corrected chi connectivity index (χ3v) is 2.54. The first kappa shape index (κ1) is 12.8. The summed E-state index contributed by atoms with van der Waals surface area (Å²) in [5.74, 6) is -1.05. The van der Waals surface area contributed by atoms with Gasteiger partial charge in [0.2, 0.25) is 5.91 Å². The summed E-state index contributed by atoms with van der Waals surface area (Å²) in [4.78, 5) is 28.3. The van der Waals surface area contributed by atoms with Gasteiger partial charge in [0.1, 0.15) is 5.82 Å². The topological polar surface area (TPSA) is 86.6 Å². The Kier molecular flexibility index (Phi) is 4.18. The highest BCUT2D eigenvalue weighted by molar-refractivity contribution is 7.51. The number of rotatable bonds is 4. The van der Waals surface area contributed by atoms with Gasteiger partial charge in [0.05, 0.1) is 6.16 Å². The highest BCUT2D eigenvalue weighted by atomic mass is 31.2. The molecule has 1 aromatic rings. The summed E-state index contributed by atoms with van der Waals surface area (Å²) < 4.78 is 23.2. The molecule has 0 atom stereocenters. The van der Waals surface area contributed by atoms with Crippen LogP contribution in [-0.2, 0) is 9.36 Å². The van der Waals surface area contributed by atoms with Crippen molar-refractivity contribution in [3.63, 3.8) is 0 Å². The highest BCUT2D eigenvalue weighted by Crippen LogP contribution is 2.34. The maximum Gasteiger partial charge on any atom is 0.326 e. The second kappa shape index (κ2) is 5.21. The molecule has 7 heteroatoms. The third kappa shape index (κ3) is 5.02. The molecule has 0 aliphatic heterocycles. The van der Waals surface area contributed by atoms with Gasteiger partial charge in [-0.2, -0.15) is 0 Å². The van der Waals surface area contributed by atoms with Crippen molar-refractivity contribution < 1.29 is 23.5 Å². The molecule has 1 aromatic carbocycles. The van der Waals surface area contributed by atoms with Crippen molar-refractivity contribution in [3.8, 4) is 0 Å². The van der Waals surface area contributed by atoms with Crippen molar-refractivity contribution in [2.75, 3.05) is 11.5 Å². The minimum Gasteiger partial charge on any atom is -0.326 e. The SMILES string of the molecule is O=C(CCP(=O)(O)O)Nc1cccc(F)c1. The highest BCUT2D eigenvalue weighted by Gasteiger charge is 2.15. The van der Waals surface area contributed by atoms with Gasteiger partial charge in [-0.3, -0.25) is 9.36 Å². The zero-order valence-electron chi connectivity index (χ0n) is 8.26. The smallest absolute Gasteiger partial charge is 0.326 e. The summed E-state index contributed by atoms with van der Waals surface area (Å²) in [6.07, 6.45) is -0.824. The van der Waals surface area contributed by atoms with Gasteiger partial charge < -0.3 is 15.1 Å². The van der Waals surface area contributed by atoms with E-state index in [2.05, 4.69) is 5.32 Å². The van der Waals surface area contributed by atoms with Crippen molar-refractivity contribution in [3.05, 3.63) is 30.1 Å². The molecular weight excluding hydrogens is 236 g/mol. The van der Waals surface area contributed by atoms with E-state index in [1.165, 1.54) is 18.2 Å². The van der Waals surface area contributed by atoms with E-state index in [-0.39, 0.29) is 12.1 Å². The molecule has 0 aliphatic carbocycles. The third-order valence-electron chi connectivity index (χ3n) is 1.74. The molecule has 0 unspecified atom stereocenters. The lowest BCUT2D eigenvalue weighted by molar-refractivity contribution is -0.115. The molecule has 0 aliphatic rings.